The minimum absolute atomic E-state index is 0.103. The topological polar surface area (TPSA) is 85.1 Å². The van der Waals surface area contributed by atoms with Gasteiger partial charge in [0.05, 0.1) is 17.2 Å². The zero-order valence-corrected chi connectivity index (χ0v) is 11.4. The molecule has 1 aromatic carbocycles. The van der Waals surface area contributed by atoms with Gasteiger partial charge < -0.3 is 5.32 Å². The number of hydrogen-bond acceptors (Lipinski definition) is 5. The number of nitrogens with one attached hydrogen (secondary N) is 1. The summed E-state index contributed by atoms with van der Waals surface area (Å²) in [5.41, 5.74) is 0.506. The zero-order valence-electron chi connectivity index (χ0n) is 9.75. The van der Waals surface area contributed by atoms with Crippen molar-refractivity contribution in [3.05, 3.63) is 40.3 Å². The number of hydrogen-bond donors (Lipinski definition) is 2. The quantitative estimate of drug-likeness (QED) is 0.894. The van der Waals surface area contributed by atoms with Gasteiger partial charge >= 0.3 is 0 Å². The first-order chi connectivity index (χ1) is 8.47. The van der Waals surface area contributed by atoms with Crippen LogP contribution in [0.25, 0.3) is 0 Å². The van der Waals surface area contributed by atoms with Crippen LogP contribution in [0.1, 0.15) is 9.88 Å². The molecule has 2 rings (SSSR count). The normalized spacial score (nSPS) is 11.4. The molecule has 7 heteroatoms. The molecule has 96 valence electrons. The fourth-order valence-electron chi connectivity index (χ4n) is 1.53. The molecule has 0 radical (unpaired) electrons. The van der Waals surface area contributed by atoms with Crippen molar-refractivity contribution in [3.63, 3.8) is 0 Å². The first-order valence-corrected chi connectivity index (χ1v) is 7.60. The second-order valence-electron chi connectivity index (χ2n) is 3.74. The summed E-state index contributed by atoms with van der Waals surface area (Å²) in [6, 6.07) is 6.57. The highest BCUT2D eigenvalue weighted by Crippen LogP contribution is 2.21. The number of aromatic nitrogens is 1. The Hall–Kier alpha value is -1.44. The van der Waals surface area contributed by atoms with E-state index >= 15 is 0 Å². The Balaban J connectivity index is 2.20. The number of benzene rings is 1. The Labute approximate surface area is 110 Å². The summed E-state index contributed by atoms with van der Waals surface area (Å²) in [5.74, 6) is 0. The van der Waals surface area contributed by atoms with Crippen LogP contribution in [0.2, 0.25) is 0 Å². The van der Waals surface area contributed by atoms with Crippen molar-refractivity contribution in [2.24, 2.45) is 5.14 Å². The Bertz CT molecular complexity index is 650. The van der Waals surface area contributed by atoms with Crippen LogP contribution in [0.3, 0.4) is 0 Å². The van der Waals surface area contributed by atoms with Gasteiger partial charge in [-0.1, -0.05) is 12.1 Å². The molecule has 5 nitrogen and oxygen atoms in total. The lowest BCUT2D eigenvalue weighted by Gasteiger charge is -2.09. The maximum absolute atomic E-state index is 11.4. The van der Waals surface area contributed by atoms with Crippen LogP contribution in [0.4, 0.5) is 5.69 Å². The van der Waals surface area contributed by atoms with E-state index in [4.69, 9.17) is 5.14 Å². The van der Waals surface area contributed by atoms with Crippen LogP contribution in [0.15, 0.2) is 35.4 Å². The van der Waals surface area contributed by atoms with E-state index in [1.807, 2.05) is 6.92 Å². The first kappa shape index (κ1) is 13.0. The van der Waals surface area contributed by atoms with Crippen LogP contribution in [0.5, 0.6) is 0 Å². The van der Waals surface area contributed by atoms with Gasteiger partial charge in [0.15, 0.2) is 0 Å². The van der Waals surface area contributed by atoms with E-state index in [1.165, 1.54) is 6.07 Å². The molecular formula is C11H13N3O2S2. The molecule has 1 heterocycles. The van der Waals surface area contributed by atoms with Crippen molar-refractivity contribution in [2.45, 2.75) is 18.4 Å². The van der Waals surface area contributed by atoms with Gasteiger partial charge in [0.1, 0.15) is 4.90 Å². The molecule has 0 aliphatic heterocycles. The summed E-state index contributed by atoms with van der Waals surface area (Å²) in [7, 11) is -3.71. The summed E-state index contributed by atoms with van der Waals surface area (Å²) < 4.78 is 22.8. The van der Waals surface area contributed by atoms with E-state index in [-0.39, 0.29) is 4.90 Å². The Morgan fingerprint density at radius 2 is 2.11 bits per heavy atom. The molecule has 0 unspecified atom stereocenters. The molecule has 0 spiro atoms. The third kappa shape index (κ3) is 3.06. The summed E-state index contributed by atoms with van der Waals surface area (Å²) in [6.45, 7) is 2.45. The second-order valence-corrected chi connectivity index (χ2v) is 6.59. The molecular weight excluding hydrogens is 270 g/mol. The maximum atomic E-state index is 11.4. The van der Waals surface area contributed by atoms with E-state index in [0.29, 0.717) is 12.2 Å². The van der Waals surface area contributed by atoms with E-state index in [2.05, 4.69) is 10.3 Å². The monoisotopic (exact) mass is 283 g/mol. The summed E-state index contributed by atoms with van der Waals surface area (Å²) in [4.78, 5) is 5.28. The molecule has 0 fully saturated rings. The SMILES string of the molecule is Cc1ncc(CNc2ccccc2S(N)(=O)=O)s1. The number of anilines is 1. The standard InChI is InChI=1S/C11H13N3O2S2/c1-8-13-6-9(17-8)7-14-10-4-2-3-5-11(10)18(12,15)16/h2-6,14H,7H2,1H3,(H2,12,15,16). The van der Waals surface area contributed by atoms with Crippen molar-refractivity contribution >= 4 is 27.0 Å². The van der Waals surface area contributed by atoms with E-state index in [1.54, 1.807) is 35.7 Å². The van der Waals surface area contributed by atoms with Crippen molar-refractivity contribution < 1.29 is 8.42 Å². The summed E-state index contributed by atoms with van der Waals surface area (Å²) in [6.07, 6.45) is 1.77. The van der Waals surface area contributed by atoms with Gasteiger partial charge in [-0.3, -0.25) is 0 Å². The van der Waals surface area contributed by atoms with Crippen LogP contribution in [-0.4, -0.2) is 13.4 Å². The molecule has 0 saturated carbocycles. The van der Waals surface area contributed by atoms with Crippen LogP contribution < -0.4 is 10.5 Å². The van der Waals surface area contributed by atoms with Crippen LogP contribution in [-0.2, 0) is 16.6 Å². The number of nitrogens with zero attached hydrogens (tertiary/aromatic N) is 1. The molecule has 0 amide bonds. The van der Waals surface area contributed by atoms with Gasteiger partial charge in [-0.25, -0.2) is 18.5 Å². The lowest BCUT2D eigenvalue weighted by atomic mass is 10.3. The average molecular weight is 283 g/mol. The number of rotatable bonds is 4. The molecule has 3 N–H and O–H groups in total. The number of para-hydroxylation sites is 1. The van der Waals surface area contributed by atoms with Gasteiger partial charge in [-0.15, -0.1) is 11.3 Å². The Morgan fingerprint density at radius 3 is 2.72 bits per heavy atom. The van der Waals surface area contributed by atoms with Gasteiger partial charge in [-0.05, 0) is 19.1 Å². The van der Waals surface area contributed by atoms with E-state index < -0.39 is 10.0 Å². The largest absolute Gasteiger partial charge is 0.379 e. The Kier molecular flexibility index (Phi) is 3.65. The summed E-state index contributed by atoms with van der Waals surface area (Å²) >= 11 is 1.57. The lowest BCUT2D eigenvalue weighted by molar-refractivity contribution is 0.598. The first-order valence-electron chi connectivity index (χ1n) is 5.24. The average Bonchev–Trinajstić information content (AvgIpc) is 2.72. The molecule has 0 saturated heterocycles. The molecule has 0 bridgehead atoms. The fraction of sp³-hybridized carbons (Fsp3) is 0.182. The molecule has 0 atom stereocenters. The predicted octanol–water partition coefficient (Wildman–Crippen LogP) is 1.71. The fourth-order valence-corrected chi connectivity index (χ4v) is 2.98. The third-order valence-corrected chi connectivity index (χ3v) is 4.20. The van der Waals surface area contributed by atoms with Crippen molar-refractivity contribution in [2.75, 3.05) is 5.32 Å². The Morgan fingerprint density at radius 1 is 1.39 bits per heavy atom. The predicted molar refractivity (Wildman–Crippen MR) is 72.0 cm³/mol. The minimum atomic E-state index is -3.71. The van der Waals surface area contributed by atoms with Crippen LogP contribution >= 0.6 is 11.3 Å². The number of primary sulfonamides is 1. The highest BCUT2D eigenvalue weighted by Gasteiger charge is 2.12. The molecule has 2 aromatic rings. The zero-order chi connectivity index (χ0) is 13.2. The molecule has 18 heavy (non-hydrogen) atoms. The van der Waals surface area contributed by atoms with Crippen molar-refractivity contribution in [1.29, 1.82) is 0 Å². The van der Waals surface area contributed by atoms with Crippen LogP contribution in [0, 0.1) is 6.92 Å². The third-order valence-electron chi connectivity index (χ3n) is 2.32. The van der Waals surface area contributed by atoms with Crippen molar-refractivity contribution in [3.8, 4) is 0 Å². The lowest BCUT2D eigenvalue weighted by Crippen LogP contribution is -2.14. The van der Waals surface area contributed by atoms with Gasteiger partial charge in [-0.2, -0.15) is 0 Å². The highest BCUT2D eigenvalue weighted by atomic mass is 32.2. The maximum Gasteiger partial charge on any atom is 0.240 e. The van der Waals surface area contributed by atoms with Gasteiger partial charge in [0.25, 0.3) is 0 Å². The molecule has 0 aliphatic carbocycles. The number of sulfonamides is 1. The van der Waals surface area contributed by atoms with Crippen molar-refractivity contribution in [1.82, 2.24) is 4.98 Å². The van der Waals surface area contributed by atoms with Gasteiger partial charge in [0.2, 0.25) is 10.0 Å². The smallest absolute Gasteiger partial charge is 0.240 e. The number of nitrogens with two attached hydrogens (primary N) is 1. The van der Waals surface area contributed by atoms with Gasteiger partial charge in [0, 0.05) is 11.1 Å². The minimum Gasteiger partial charge on any atom is -0.379 e. The molecule has 0 aliphatic rings. The van der Waals surface area contributed by atoms with E-state index in [9.17, 15) is 8.42 Å². The number of thiazole rings is 1. The highest BCUT2D eigenvalue weighted by molar-refractivity contribution is 7.89. The second kappa shape index (κ2) is 5.05. The molecule has 1 aromatic heterocycles. The van der Waals surface area contributed by atoms with E-state index in [0.717, 1.165) is 9.88 Å². The summed E-state index contributed by atoms with van der Waals surface area (Å²) in [5, 5.41) is 9.19. The number of aryl methyl sites for hydroxylation is 1.